The molecule has 0 aromatic heterocycles. The van der Waals surface area contributed by atoms with Crippen LogP contribution in [0.15, 0.2) is 0 Å². The van der Waals surface area contributed by atoms with E-state index in [-0.39, 0.29) is 0 Å². The minimum Gasteiger partial charge on any atom is -0.314 e. The molecule has 1 N–H and O–H groups in total. The molecule has 0 radical (unpaired) electrons. The van der Waals surface area contributed by atoms with Crippen LogP contribution in [0.1, 0.15) is 97.3 Å². The molecular formula is C18H37N. The fourth-order valence-corrected chi connectivity index (χ4v) is 3.01. The smallest absolute Gasteiger partial charge is 0.00953 e. The van der Waals surface area contributed by atoms with Crippen molar-refractivity contribution >= 4 is 0 Å². The first-order valence-corrected chi connectivity index (χ1v) is 9.11. The Morgan fingerprint density at radius 1 is 0.789 bits per heavy atom. The summed E-state index contributed by atoms with van der Waals surface area (Å²) in [6.07, 6.45) is 18.7. The van der Waals surface area contributed by atoms with Crippen LogP contribution >= 0.6 is 0 Å². The van der Waals surface area contributed by atoms with Gasteiger partial charge in [-0.25, -0.2) is 0 Å². The van der Waals surface area contributed by atoms with Gasteiger partial charge in [-0.2, -0.15) is 0 Å². The predicted molar refractivity (Wildman–Crippen MR) is 86.6 cm³/mol. The van der Waals surface area contributed by atoms with Crippen molar-refractivity contribution in [2.45, 2.75) is 103 Å². The van der Waals surface area contributed by atoms with E-state index in [9.17, 15) is 0 Å². The molecule has 0 aromatic rings. The van der Waals surface area contributed by atoms with Gasteiger partial charge in [-0.05, 0) is 38.1 Å². The number of hydrogen-bond donors (Lipinski definition) is 1. The number of nitrogens with one attached hydrogen (secondary N) is 1. The minimum atomic E-state index is 0.851. The zero-order valence-corrected chi connectivity index (χ0v) is 13.6. The van der Waals surface area contributed by atoms with E-state index in [4.69, 9.17) is 0 Å². The Hall–Kier alpha value is -0.0400. The second-order valence-corrected chi connectivity index (χ2v) is 6.52. The largest absolute Gasteiger partial charge is 0.314 e. The number of unbranched alkanes of at least 4 members (excludes halogenated alkanes) is 8. The van der Waals surface area contributed by atoms with E-state index in [1.807, 2.05) is 0 Å². The predicted octanol–water partition coefficient (Wildman–Crippen LogP) is 5.69. The molecule has 0 amide bonds. The lowest BCUT2D eigenvalue weighted by Gasteiger charge is -2.17. The highest BCUT2D eigenvalue weighted by Crippen LogP contribution is 2.34. The van der Waals surface area contributed by atoms with Crippen molar-refractivity contribution in [3.05, 3.63) is 0 Å². The molecule has 0 aromatic carbocycles. The second kappa shape index (κ2) is 11.8. The van der Waals surface area contributed by atoms with Gasteiger partial charge in [-0.15, -0.1) is 0 Å². The van der Waals surface area contributed by atoms with Crippen molar-refractivity contribution in [2.75, 3.05) is 6.54 Å². The zero-order chi connectivity index (χ0) is 13.8. The van der Waals surface area contributed by atoms with Crippen LogP contribution in [0.25, 0.3) is 0 Å². The van der Waals surface area contributed by atoms with Crippen molar-refractivity contribution in [1.82, 2.24) is 5.32 Å². The van der Waals surface area contributed by atoms with E-state index in [1.165, 1.54) is 90.0 Å². The molecule has 1 aliphatic carbocycles. The fraction of sp³-hybridized carbons (Fsp3) is 1.00. The second-order valence-electron chi connectivity index (χ2n) is 6.52. The standard InChI is InChI=1S/C18H37N/c1-3-5-6-7-8-9-10-11-12-13-18(17-14-15-17)19-16-4-2/h17-19H,3-16H2,1-2H3. The maximum absolute atomic E-state index is 3.76. The molecule has 0 spiro atoms. The third-order valence-corrected chi connectivity index (χ3v) is 4.47. The van der Waals surface area contributed by atoms with Crippen LogP contribution in [0, 0.1) is 5.92 Å². The molecule has 1 saturated carbocycles. The van der Waals surface area contributed by atoms with Gasteiger partial charge in [0, 0.05) is 6.04 Å². The molecule has 1 nitrogen and oxygen atoms in total. The van der Waals surface area contributed by atoms with Gasteiger partial charge in [0.05, 0.1) is 0 Å². The maximum atomic E-state index is 3.76. The molecule has 0 saturated heterocycles. The third-order valence-electron chi connectivity index (χ3n) is 4.47. The highest BCUT2D eigenvalue weighted by Gasteiger charge is 2.29. The summed E-state index contributed by atoms with van der Waals surface area (Å²) in [4.78, 5) is 0. The van der Waals surface area contributed by atoms with Crippen LogP contribution in [-0.2, 0) is 0 Å². The van der Waals surface area contributed by atoms with Crippen molar-refractivity contribution in [3.63, 3.8) is 0 Å². The lowest BCUT2D eigenvalue weighted by atomic mass is 10.0. The molecule has 0 bridgehead atoms. The van der Waals surface area contributed by atoms with Crippen LogP contribution in [-0.4, -0.2) is 12.6 Å². The van der Waals surface area contributed by atoms with E-state index in [0.717, 1.165) is 12.0 Å². The Balaban J connectivity index is 1.85. The van der Waals surface area contributed by atoms with Crippen LogP contribution in [0.5, 0.6) is 0 Å². The first-order chi connectivity index (χ1) is 9.38. The van der Waals surface area contributed by atoms with E-state index in [2.05, 4.69) is 19.2 Å². The van der Waals surface area contributed by atoms with Crippen LogP contribution < -0.4 is 5.32 Å². The van der Waals surface area contributed by atoms with Crippen molar-refractivity contribution < 1.29 is 0 Å². The SMILES string of the molecule is CCCCCCCCCCCC(NCCC)C1CC1. The van der Waals surface area contributed by atoms with Gasteiger partial charge < -0.3 is 5.32 Å². The summed E-state index contributed by atoms with van der Waals surface area (Å²) >= 11 is 0. The molecule has 0 aliphatic heterocycles. The summed E-state index contributed by atoms with van der Waals surface area (Å²) in [5.41, 5.74) is 0. The highest BCUT2D eigenvalue weighted by molar-refractivity contribution is 4.86. The van der Waals surface area contributed by atoms with Crippen LogP contribution in [0.4, 0.5) is 0 Å². The van der Waals surface area contributed by atoms with Gasteiger partial charge in [-0.3, -0.25) is 0 Å². The molecule has 1 unspecified atom stereocenters. The average molecular weight is 268 g/mol. The summed E-state index contributed by atoms with van der Waals surface area (Å²) in [6, 6.07) is 0.851. The third kappa shape index (κ3) is 9.49. The molecule has 1 fully saturated rings. The highest BCUT2D eigenvalue weighted by atomic mass is 14.9. The Kier molecular flexibility index (Phi) is 10.5. The Morgan fingerprint density at radius 3 is 1.89 bits per heavy atom. The molecular weight excluding hydrogens is 230 g/mol. The van der Waals surface area contributed by atoms with E-state index >= 15 is 0 Å². The number of hydrogen-bond acceptors (Lipinski definition) is 1. The zero-order valence-electron chi connectivity index (χ0n) is 13.6. The first-order valence-electron chi connectivity index (χ1n) is 9.11. The molecule has 1 atom stereocenters. The Labute approximate surface area is 121 Å². The van der Waals surface area contributed by atoms with Gasteiger partial charge in [0.2, 0.25) is 0 Å². The van der Waals surface area contributed by atoms with Crippen molar-refractivity contribution in [1.29, 1.82) is 0 Å². The Bertz CT molecular complexity index is 186. The summed E-state index contributed by atoms with van der Waals surface area (Å²) in [6.45, 7) is 5.79. The van der Waals surface area contributed by atoms with Crippen LogP contribution in [0.3, 0.4) is 0 Å². The summed E-state index contributed by atoms with van der Waals surface area (Å²) in [5.74, 6) is 1.03. The molecule has 0 heterocycles. The lowest BCUT2D eigenvalue weighted by molar-refractivity contribution is 0.414. The molecule has 1 rings (SSSR count). The normalized spacial score (nSPS) is 16.7. The fourth-order valence-electron chi connectivity index (χ4n) is 3.01. The topological polar surface area (TPSA) is 12.0 Å². The van der Waals surface area contributed by atoms with Gasteiger partial charge in [0.25, 0.3) is 0 Å². The monoisotopic (exact) mass is 267 g/mol. The van der Waals surface area contributed by atoms with E-state index in [0.29, 0.717) is 0 Å². The summed E-state index contributed by atoms with van der Waals surface area (Å²) in [7, 11) is 0. The molecule has 1 aliphatic rings. The van der Waals surface area contributed by atoms with Crippen molar-refractivity contribution in [3.8, 4) is 0 Å². The lowest BCUT2D eigenvalue weighted by Crippen LogP contribution is -2.31. The first kappa shape index (κ1) is 17.0. The van der Waals surface area contributed by atoms with Gasteiger partial charge in [0.15, 0.2) is 0 Å². The van der Waals surface area contributed by atoms with E-state index < -0.39 is 0 Å². The Morgan fingerprint density at radius 2 is 1.37 bits per heavy atom. The van der Waals surface area contributed by atoms with E-state index in [1.54, 1.807) is 0 Å². The maximum Gasteiger partial charge on any atom is 0.00953 e. The molecule has 114 valence electrons. The average Bonchev–Trinajstić information content (AvgIpc) is 3.24. The van der Waals surface area contributed by atoms with Gasteiger partial charge >= 0.3 is 0 Å². The molecule has 1 heteroatoms. The summed E-state index contributed by atoms with van der Waals surface area (Å²) < 4.78 is 0. The van der Waals surface area contributed by atoms with Gasteiger partial charge in [0.1, 0.15) is 0 Å². The summed E-state index contributed by atoms with van der Waals surface area (Å²) in [5, 5.41) is 3.76. The van der Waals surface area contributed by atoms with Crippen LogP contribution in [0.2, 0.25) is 0 Å². The van der Waals surface area contributed by atoms with Gasteiger partial charge in [-0.1, -0.05) is 71.6 Å². The number of rotatable bonds is 14. The minimum absolute atomic E-state index is 0.851. The quantitative estimate of drug-likeness (QED) is 0.399. The van der Waals surface area contributed by atoms with Crippen molar-refractivity contribution in [2.24, 2.45) is 5.92 Å². The molecule has 19 heavy (non-hydrogen) atoms.